The van der Waals surface area contributed by atoms with Gasteiger partial charge in [0.1, 0.15) is 5.82 Å². The molecule has 128 valence electrons. The maximum absolute atomic E-state index is 14.8. The number of anilines is 1. The molecule has 2 aliphatic heterocycles. The van der Waals surface area contributed by atoms with Crippen molar-refractivity contribution in [1.82, 2.24) is 14.9 Å². The van der Waals surface area contributed by atoms with Crippen LogP contribution in [0.25, 0.3) is 0 Å². The van der Waals surface area contributed by atoms with Crippen molar-refractivity contribution in [2.45, 2.75) is 25.3 Å². The quantitative estimate of drug-likeness (QED) is 0.850. The van der Waals surface area contributed by atoms with Crippen LogP contribution in [0.15, 0.2) is 35.4 Å². The van der Waals surface area contributed by atoms with Gasteiger partial charge < -0.3 is 4.90 Å². The van der Waals surface area contributed by atoms with Crippen LogP contribution in [-0.4, -0.2) is 47.0 Å². The topological polar surface area (TPSA) is 32.3 Å². The highest BCUT2D eigenvalue weighted by atomic mass is 32.1. The number of alkyl halides is 2. The average Bonchev–Trinajstić information content (AvgIpc) is 3.23. The highest BCUT2D eigenvalue weighted by molar-refractivity contribution is 7.07. The Morgan fingerprint density at radius 1 is 1.17 bits per heavy atom. The van der Waals surface area contributed by atoms with E-state index in [1.165, 1.54) is 5.56 Å². The Labute approximate surface area is 144 Å². The van der Waals surface area contributed by atoms with E-state index in [0.717, 1.165) is 6.54 Å². The fraction of sp³-hybridized carbons (Fsp3) is 0.529. The third-order valence-corrected chi connectivity index (χ3v) is 5.99. The van der Waals surface area contributed by atoms with Gasteiger partial charge in [-0.2, -0.15) is 11.3 Å². The summed E-state index contributed by atoms with van der Waals surface area (Å²) in [7, 11) is 0. The van der Waals surface area contributed by atoms with Crippen LogP contribution in [0.5, 0.6) is 0 Å². The molecule has 2 aliphatic rings. The van der Waals surface area contributed by atoms with Crippen LogP contribution < -0.4 is 4.90 Å². The van der Waals surface area contributed by atoms with Gasteiger partial charge in [0.15, 0.2) is 0 Å². The molecule has 0 aromatic carbocycles. The summed E-state index contributed by atoms with van der Waals surface area (Å²) in [5, 5.41) is 4.13. The first-order valence-corrected chi connectivity index (χ1v) is 9.15. The van der Waals surface area contributed by atoms with E-state index < -0.39 is 11.3 Å². The van der Waals surface area contributed by atoms with Crippen molar-refractivity contribution in [3.8, 4) is 0 Å². The zero-order valence-electron chi connectivity index (χ0n) is 13.4. The van der Waals surface area contributed by atoms with E-state index in [9.17, 15) is 8.78 Å². The molecule has 2 aromatic heterocycles. The molecule has 0 amide bonds. The predicted octanol–water partition coefficient (Wildman–Crippen LogP) is 3.28. The lowest BCUT2D eigenvalue weighted by atomic mass is 9.75. The van der Waals surface area contributed by atoms with Crippen molar-refractivity contribution < 1.29 is 8.78 Å². The Bertz CT molecular complexity index is 679. The number of nitrogens with zero attached hydrogens (tertiary/aromatic N) is 4. The summed E-state index contributed by atoms with van der Waals surface area (Å²) in [6.45, 7) is 2.61. The largest absolute Gasteiger partial charge is 0.354 e. The number of rotatable bonds is 3. The van der Waals surface area contributed by atoms with Gasteiger partial charge in [0, 0.05) is 51.5 Å². The van der Waals surface area contributed by atoms with Gasteiger partial charge in [0.05, 0.1) is 11.6 Å². The molecule has 2 saturated heterocycles. The number of piperidine rings is 1. The van der Waals surface area contributed by atoms with Gasteiger partial charge in [0.25, 0.3) is 5.92 Å². The van der Waals surface area contributed by atoms with Crippen LogP contribution >= 0.6 is 11.3 Å². The van der Waals surface area contributed by atoms with Crippen LogP contribution in [0.2, 0.25) is 0 Å². The van der Waals surface area contributed by atoms with Gasteiger partial charge in [-0.15, -0.1) is 0 Å². The fourth-order valence-corrected chi connectivity index (χ4v) is 4.57. The van der Waals surface area contributed by atoms with Crippen LogP contribution in [-0.2, 0) is 6.54 Å². The molecule has 4 rings (SSSR count). The van der Waals surface area contributed by atoms with Crippen LogP contribution in [0.1, 0.15) is 18.4 Å². The van der Waals surface area contributed by atoms with Crippen molar-refractivity contribution in [2.24, 2.45) is 5.41 Å². The molecule has 2 fully saturated rings. The smallest absolute Gasteiger partial charge is 0.257 e. The molecule has 24 heavy (non-hydrogen) atoms. The molecule has 4 nitrogen and oxygen atoms in total. The Hall–Kier alpha value is -1.60. The Kier molecular flexibility index (Phi) is 4.00. The Morgan fingerprint density at radius 3 is 2.83 bits per heavy atom. The highest BCUT2D eigenvalue weighted by Gasteiger charge is 2.59. The van der Waals surface area contributed by atoms with Crippen LogP contribution in [0.4, 0.5) is 14.6 Å². The summed E-state index contributed by atoms with van der Waals surface area (Å²) < 4.78 is 29.6. The molecule has 1 spiro atoms. The van der Waals surface area contributed by atoms with E-state index in [0.29, 0.717) is 38.4 Å². The Morgan fingerprint density at radius 2 is 2.08 bits per heavy atom. The molecule has 2 aromatic rings. The minimum Gasteiger partial charge on any atom is -0.354 e. The van der Waals surface area contributed by atoms with Crippen LogP contribution in [0, 0.1) is 5.41 Å². The van der Waals surface area contributed by atoms with Gasteiger partial charge in [-0.05, 0) is 28.8 Å². The minimum atomic E-state index is -2.63. The van der Waals surface area contributed by atoms with E-state index in [1.54, 1.807) is 29.9 Å². The predicted molar refractivity (Wildman–Crippen MR) is 90.5 cm³/mol. The second-order valence-corrected chi connectivity index (χ2v) is 7.59. The third-order valence-electron chi connectivity index (χ3n) is 5.26. The van der Waals surface area contributed by atoms with Gasteiger partial charge >= 0.3 is 0 Å². The molecular weight excluding hydrogens is 330 g/mol. The molecule has 0 saturated carbocycles. The standard InChI is InChI=1S/C17H20F2N4S/c18-17(19)3-6-22(10-14-1-8-24-11-14)12-16(17)2-7-23(13-16)15-9-20-4-5-21-15/h1,4-5,8-9,11H,2-3,6-7,10,12-13H2. The molecule has 0 N–H and O–H groups in total. The Balaban J connectivity index is 1.53. The van der Waals surface area contributed by atoms with Crippen molar-refractivity contribution in [3.63, 3.8) is 0 Å². The van der Waals surface area contributed by atoms with Gasteiger partial charge in [-0.1, -0.05) is 0 Å². The lowest BCUT2D eigenvalue weighted by Crippen LogP contribution is -2.56. The van der Waals surface area contributed by atoms with Gasteiger partial charge in [-0.25, -0.2) is 13.8 Å². The van der Waals surface area contributed by atoms with E-state index in [4.69, 9.17) is 0 Å². The zero-order chi connectivity index (χ0) is 16.6. The van der Waals surface area contributed by atoms with Crippen molar-refractivity contribution in [2.75, 3.05) is 31.1 Å². The number of thiophene rings is 1. The number of aromatic nitrogens is 2. The second-order valence-electron chi connectivity index (χ2n) is 6.81. The number of likely N-dealkylation sites (tertiary alicyclic amines) is 1. The zero-order valence-corrected chi connectivity index (χ0v) is 14.2. The summed E-state index contributed by atoms with van der Waals surface area (Å²) in [5.74, 6) is -1.94. The summed E-state index contributed by atoms with van der Waals surface area (Å²) >= 11 is 1.65. The first kappa shape index (κ1) is 15.9. The summed E-state index contributed by atoms with van der Waals surface area (Å²) in [4.78, 5) is 12.5. The highest BCUT2D eigenvalue weighted by Crippen LogP contribution is 2.50. The lowest BCUT2D eigenvalue weighted by Gasteiger charge is -2.46. The van der Waals surface area contributed by atoms with Crippen molar-refractivity contribution in [1.29, 1.82) is 0 Å². The second kappa shape index (κ2) is 6.04. The third kappa shape index (κ3) is 2.80. The molecule has 0 aliphatic carbocycles. The SMILES string of the molecule is FC1(F)CCN(Cc2ccsc2)CC12CCN(c1cnccn1)C2. The van der Waals surface area contributed by atoms with E-state index in [1.807, 2.05) is 10.3 Å². The first-order chi connectivity index (χ1) is 11.6. The van der Waals surface area contributed by atoms with Gasteiger partial charge in [-0.3, -0.25) is 9.88 Å². The van der Waals surface area contributed by atoms with E-state index in [-0.39, 0.29) is 6.42 Å². The first-order valence-electron chi connectivity index (χ1n) is 8.20. The summed E-state index contributed by atoms with van der Waals surface area (Å²) in [6, 6.07) is 2.07. The molecule has 0 bridgehead atoms. The lowest BCUT2D eigenvalue weighted by molar-refractivity contribution is -0.158. The maximum Gasteiger partial charge on any atom is 0.257 e. The molecule has 1 unspecified atom stereocenters. The number of hydrogen-bond donors (Lipinski definition) is 0. The van der Waals surface area contributed by atoms with E-state index in [2.05, 4.69) is 26.3 Å². The van der Waals surface area contributed by atoms with Crippen molar-refractivity contribution in [3.05, 3.63) is 41.0 Å². The monoisotopic (exact) mass is 350 g/mol. The molecule has 1 atom stereocenters. The fourth-order valence-electron chi connectivity index (χ4n) is 3.91. The van der Waals surface area contributed by atoms with Crippen molar-refractivity contribution >= 4 is 17.2 Å². The summed E-state index contributed by atoms with van der Waals surface area (Å²) in [6.07, 6.45) is 5.31. The number of hydrogen-bond acceptors (Lipinski definition) is 5. The summed E-state index contributed by atoms with van der Waals surface area (Å²) in [5.41, 5.74) is 0.225. The maximum atomic E-state index is 14.8. The molecular formula is C17H20F2N4S. The number of halogens is 2. The average molecular weight is 350 g/mol. The molecule has 0 radical (unpaired) electrons. The normalized spacial score (nSPS) is 27.0. The van der Waals surface area contributed by atoms with Crippen LogP contribution in [0.3, 0.4) is 0 Å². The molecule has 4 heterocycles. The van der Waals surface area contributed by atoms with E-state index >= 15 is 0 Å². The molecule has 7 heteroatoms. The van der Waals surface area contributed by atoms with Gasteiger partial charge in [0.2, 0.25) is 0 Å². The minimum absolute atomic E-state index is 0.0640.